The molecule has 1 fully saturated rings. The molecule has 2 aromatic heterocycles. The highest BCUT2D eigenvalue weighted by Gasteiger charge is 2.26. The topological polar surface area (TPSA) is 81.6 Å². The minimum atomic E-state index is -3.55. The van der Waals surface area contributed by atoms with E-state index in [2.05, 4.69) is 9.97 Å². The van der Waals surface area contributed by atoms with E-state index in [4.69, 9.17) is 9.47 Å². The zero-order valence-electron chi connectivity index (χ0n) is 16.5. The van der Waals surface area contributed by atoms with Gasteiger partial charge in [0.05, 0.1) is 33.9 Å². The molecule has 0 N–H and O–H groups in total. The van der Waals surface area contributed by atoms with E-state index in [9.17, 15) is 8.42 Å². The van der Waals surface area contributed by atoms with Crippen LogP contribution in [-0.2, 0) is 14.8 Å². The molecule has 1 aliphatic heterocycles. The van der Waals surface area contributed by atoms with Crippen molar-refractivity contribution >= 4 is 32.3 Å². The van der Waals surface area contributed by atoms with Crippen molar-refractivity contribution in [3.63, 3.8) is 0 Å². The van der Waals surface area contributed by atoms with E-state index >= 15 is 0 Å². The van der Waals surface area contributed by atoms with E-state index in [1.807, 2.05) is 41.8 Å². The number of fused-ring (bicyclic) bond motifs is 1. The van der Waals surface area contributed by atoms with Crippen LogP contribution in [0.2, 0.25) is 0 Å². The molecule has 0 radical (unpaired) electrons. The molecule has 1 saturated heterocycles. The standard InChI is InChI=1S/C22H19N3O4S2/c26-31(27,25-11-13-28-14-12-25)17-9-7-16(8-10-17)29-22-18-4-1-2-5-19(18)23-21(24-22)20-6-3-15-30-20/h1-10,15H,11-14H2. The molecular formula is C22H19N3O4S2. The number of hydrogen-bond acceptors (Lipinski definition) is 7. The average Bonchev–Trinajstić information content (AvgIpc) is 3.35. The van der Waals surface area contributed by atoms with Gasteiger partial charge in [-0.1, -0.05) is 18.2 Å². The molecule has 7 nitrogen and oxygen atoms in total. The number of ether oxygens (including phenoxy) is 2. The smallest absolute Gasteiger partial charge is 0.243 e. The summed E-state index contributed by atoms with van der Waals surface area (Å²) in [7, 11) is -3.55. The van der Waals surface area contributed by atoms with Crippen molar-refractivity contribution in [1.29, 1.82) is 0 Å². The lowest BCUT2D eigenvalue weighted by atomic mass is 10.2. The van der Waals surface area contributed by atoms with E-state index < -0.39 is 10.0 Å². The Morgan fingerprint density at radius 3 is 2.45 bits per heavy atom. The highest BCUT2D eigenvalue weighted by molar-refractivity contribution is 7.89. The molecule has 0 atom stereocenters. The normalized spacial score (nSPS) is 15.2. The van der Waals surface area contributed by atoms with E-state index in [0.29, 0.717) is 43.8 Å². The van der Waals surface area contributed by atoms with Gasteiger partial charge in [0.15, 0.2) is 5.82 Å². The molecule has 2 aromatic carbocycles. The third kappa shape index (κ3) is 4.05. The number of para-hydroxylation sites is 1. The molecule has 1 aliphatic rings. The van der Waals surface area contributed by atoms with Crippen molar-refractivity contribution in [3.8, 4) is 22.3 Å². The molecule has 0 bridgehead atoms. The van der Waals surface area contributed by atoms with Crippen LogP contribution in [0.3, 0.4) is 0 Å². The Labute approximate surface area is 184 Å². The van der Waals surface area contributed by atoms with Crippen LogP contribution in [0.4, 0.5) is 0 Å². The fraction of sp³-hybridized carbons (Fsp3) is 0.182. The van der Waals surface area contributed by atoms with Crippen LogP contribution in [0, 0.1) is 0 Å². The average molecular weight is 454 g/mol. The van der Waals surface area contributed by atoms with Crippen molar-refractivity contribution in [2.75, 3.05) is 26.3 Å². The number of morpholine rings is 1. The van der Waals surface area contributed by atoms with Gasteiger partial charge in [-0.15, -0.1) is 11.3 Å². The lowest BCUT2D eigenvalue weighted by Crippen LogP contribution is -2.40. The zero-order chi connectivity index (χ0) is 21.3. The third-order valence-electron chi connectivity index (χ3n) is 4.96. The van der Waals surface area contributed by atoms with Gasteiger partial charge in [-0.2, -0.15) is 9.29 Å². The minimum Gasteiger partial charge on any atom is -0.438 e. The SMILES string of the molecule is O=S(=O)(c1ccc(Oc2nc(-c3cccs3)nc3ccccc23)cc1)N1CCOCC1. The molecule has 4 aromatic rings. The summed E-state index contributed by atoms with van der Waals surface area (Å²) in [6.45, 7) is 1.54. The Bertz CT molecular complexity index is 1300. The van der Waals surface area contributed by atoms with Crippen LogP contribution in [0.5, 0.6) is 11.6 Å². The maximum absolute atomic E-state index is 12.8. The first kappa shape index (κ1) is 20.1. The van der Waals surface area contributed by atoms with Gasteiger partial charge in [-0.25, -0.2) is 13.4 Å². The van der Waals surface area contributed by atoms with Crippen LogP contribution in [0.1, 0.15) is 0 Å². The third-order valence-corrected chi connectivity index (χ3v) is 7.73. The molecule has 3 heterocycles. The van der Waals surface area contributed by atoms with Crippen LogP contribution < -0.4 is 4.74 Å². The summed E-state index contributed by atoms with van der Waals surface area (Å²) in [4.78, 5) is 10.4. The van der Waals surface area contributed by atoms with Gasteiger partial charge in [0.25, 0.3) is 0 Å². The number of nitrogens with zero attached hydrogens (tertiary/aromatic N) is 3. The summed E-state index contributed by atoms with van der Waals surface area (Å²) in [6.07, 6.45) is 0. The first-order chi connectivity index (χ1) is 15.1. The van der Waals surface area contributed by atoms with Crippen LogP contribution >= 0.6 is 11.3 Å². The molecule has 31 heavy (non-hydrogen) atoms. The van der Waals surface area contributed by atoms with Gasteiger partial charge in [0.2, 0.25) is 15.9 Å². The summed E-state index contributed by atoms with van der Waals surface area (Å²) in [6, 6.07) is 18.0. The molecule has 0 spiro atoms. The Hall–Kier alpha value is -2.85. The Kier molecular flexibility index (Phi) is 5.41. The van der Waals surface area contributed by atoms with E-state index in [1.54, 1.807) is 35.6 Å². The first-order valence-electron chi connectivity index (χ1n) is 9.78. The highest BCUT2D eigenvalue weighted by atomic mass is 32.2. The summed E-state index contributed by atoms with van der Waals surface area (Å²) in [5.41, 5.74) is 0.780. The van der Waals surface area contributed by atoms with Crippen molar-refractivity contribution in [2.24, 2.45) is 0 Å². The van der Waals surface area contributed by atoms with Gasteiger partial charge in [-0.05, 0) is 47.8 Å². The van der Waals surface area contributed by atoms with Gasteiger partial charge in [-0.3, -0.25) is 0 Å². The lowest BCUT2D eigenvalue weighted by Gasteiger charge is -2.26. The number of aromatic nitrogens is 2. The van der Waals surface area contributed by atoms with E-state index in [-0.39, 0.29) is 4.90 Å². The maximum Gasteiger partial charge on any atom is 0.243 e. The quantitative estimate of drug-likeness (QED) is 0.451. The molecule has 9 heteroatoms. The predicted octanol–water partition coefficient (Wildman–Crippen LogP) is 4.17. The molecule has 5 rings (SSSR count). The van der Waals surface area contributed by atoms with Gasteiger partial charge in [0, 0.05) is 13.1 Å². The van der Waals surface area contributed by atoms with Crippen molar-refractivity contribution < 1.29 is 17.9 Å². The van der Waals surface area contributed by atoms with E-state index in [1.165, 1.54) is 4.31 Å². The monoisotopic (exact) mass is 453 g/mol. The Balaban J connectivity index is 1.46. The minimum absolute atomic E-state index is 0.230. The van der Waals surface area contributed by atoms with Crippen molar-refractivity contribution in [3.05, 3.63) is 66.0 Å². The van der Waals surface area contributed by atoms with Crippen LogP contribution in [0.15, 0.2) is 70.9 Å². The largest absolute Gasteiger partial charge is 0.438 e. The Morgan fingerprint density at radius 2 is 1.71 bits per heavy atom. The van der Waals surface area contributed by atoms with Crippen molar-refractivity contribution in [1.82, 2.24) is 14.3 Å². The fourth-order valence-corrected chi connectivity index (χ4v) is 5.43. The lowest BCUT2D eigenvalue weighted by molar-refractivity contribution is 0.0730. The molecule has 0 aliphatic carbocycles. The second kappa shape index (κ2) is 8.35. The fourth-order valence-electron chi connectivity index (χ4n) is 3.37. The molecule has 0 unspecified atom stereocenters. The predicted molar refractivity (Wildman–Crippen MR) is 119 cm³/mol. The number of thiophene rings is 1. The molecular weight excluding hydrogens is 434 g/mol. The first-order valence-corrected chi connectivity index (χ1v) is 12.1. The summed E-state index contributed by atoms with van der Waals surface area (Å²) >= 11 is 1.56. The second-order valence-electron chi connectivity index (χ2n) is 6.94. The highest BCUT2D eigenvalue weighted by Crippen LogP contribution is 2.32. The van der Waals surface area contributed by atoms with Crippen LogP contribution in [0.25, 0.3) is 21.6 Å². The summed E-state index contributed by atoms with van der Waals surface area (Å²) < 4.78 is 38.4. The molecule has 158 valence electrons. The van der Waals surface area contributed by atoms with Crippen LogP contribution in [-0.4, -0.2) is 49.0 Å². The summed E-state index contributed by atoms with van der Waals surface area (Å²) in [5.74, 6) is 1.52. The number of benzene rings is 2. The number of sulfonamides is 1. The van der Waals surface area contributed by atoms with Crippen molar-refractivity contribution in [2.45, 2.75) is 4.90 Å². The zero-order valence-corrected chi connectivity index (χ0v) is 18.1. The van der Waals surface area contributed by atoms with Gasteiger partial charge in [0.1, 0.15) is 5.75 Å². The number of rotatable bonds is 5. The second-order valence-corrected chi connectivity index (χ2v) is 9.82. The molecule has 0 saturated carbocycles. The summed E-state index contributed by atoms with van der Waals surface area (Å²) in [5, 5.41) is 2.76. The van der Waals surface area contributed by atoms with Gasteiger partial charge >= 0.3 is 0 Å². The number of hydrogen-bond donors (Lipinski definition) is 0. The van der Waals surface area contributed by atoms with Gasteiger partial charge < -0.3 is 9.47 Å². The maximum atomic E-state index is 12.8. The molecule has 0 amide bonds. The van der Waals surface area contributed by atoms with E-state index in [0.717, 1.165) is 15.8 Å². The Morgan fingerprint density at radius 1 is 0.935 bits per heavy atom.